The zero-order valence-electron chi connectivity index (χ0n) is 5.80. The highest BCUT2D eigenvalue weighted by Gasteiger charge is 1.98. The minimum atomic E-state index is 0.677. The molecule has 1 nitrogen and oxygen atoms in total. The first-order valence-electron chi connectivity index (χ1n) is 3.53. The standard InChI is InChI=1S/C8H13N/c1-2-3-8-4-6-9-7-5-8/h4-9H,2-3H2,1H3. The lowest BCUT2D eigenvalue weighted by molar-refractivity contribution is 0.678. The molecule has 0 aromatic rings. The van der Waals surface area contributed by atoms with Crippen LogP contribution < -0.4 is 5.32 Å². The molecule has 1 heterocycles. The number of allylic oxidation sites excluding steroid dienone is 2. The van der Waals surface area contributed by atoms with E-state index in [1.54, 1.807) is 0 Å². The van der Waals surface area contributed by atoms with Crippen LogP contribution in [0.2, 0.25) is 0 Å². The minimum absolute atomic E-state index is 0.677. The second-order valence-corrected chi connectivity index (χ2v) is 2.34. The SMILES string of the molecule is CCCC1C=CNC=C1. The average molecular weight is 123 g/mol. The average Bonchev–Trinajstić information content (AvgIpc) is 1.91. The number of nitrogens with one attached hydrogen (secondary N) is 1. The quantitative estimate of drug-likeness (QED) is 0.592. The van der Waals surface area contributed by atoms with Crippen molar-refractivity contribution in [1.29, 1.82) is 0 Å². The lowest BCUT2D eigenvalue weighted by atomic mass is 10.0. The Morgan fingerprint density at radius 2 is 2.00 bits per heavy atom. The van der Waals surface area contributed by atoms with Gasteiger partial charge in [0.05, 0.1) is 0 Å². The maximum absolute atomic E-state index is 3.01. The Morgan fingerprint density at radius 1 is 1.33 bits per heavy atom. The van der Waals surface area contributed by atoms with Crippen molar-refractivity contribution in [2.45, 2.75) is 19.8 Å². The fourth-order valence-corrected chi connectivity index (χ4v) is 1.00. The smallest absolute Gasteiger partial charge is 0.00189 e. The van der Waals surface area contributed by atoms with Gasteiger partial charge in [-0.15, -0.1) is 0 Å². The zero-order chi connectivity index (χ0) is 6.53. The van der Waals surface area contributed by atoms with E-state index in [0.29, 0.717) is 5.92 Å². The number of dihydropyridines is 1. The van der Waals surface area contributed by atoms with Gasteiger partial charge in [0.1, 0.15) is 0 Å². The third-order valence-electron chi connectivity index (χ3n) is 1.50. The van der Waals surface area contributed by atoms with E-state index in [2.05, 4.69) is 24.4 Å². The van der Waals surface area contributed by atoms with Gasteiger partial charge in [-0.3, -0.25) is 0 Å². The van der Waals surface area contributed by atoms with E-state index in [1.165, 1.54) is 12.8 Å². The first-order chi connectivity index (χ1) is 4.43. The second kappa shape index (κ2) is 3.33. The van der Waals surface area contributed by atoms with Gasteiger partial charge < -0.3 is 5.32 Å². The van der Waals surface area contributed by atoms with E-state index < -0.39 is 0 Å². The van der Waals surface area contributed by atoms with E-state index in [1.807, 2.05) is 12.4 Å². The largest absolute Gasteiger partial charge is 0.368 e. The van der Waals surface area contributed by atoms with Crippen LogP contribution in [0.5, 0.6) is 0 Å². The highest BCUT2D eigenvalue weighted by Crippen LogP contribution is 2.10. The predicted molar refractivity (Wildman–Crippen MR) is 39.8 cm³/mol. The summed E-state index contributed by atoms with van der Waals surface area (Å²) in [6, 6.07) is 0. The van der Waals surface area contributed by atoms with E-state index in [0.717, 1.165) is 0 Å². The van der Waals surface area contributed by atoms with E-state index in [4.69, 9.17) is 0 Å². The summed E-state index contributed by atoms with van der Waals surface area (Å²) in [5.41, 5.74) is 0. The lowest BCUT2D eigenvalue weighted by Crippen LogP contribution is -2.03. The predicted octanol–water partition coefficient (Wildman–Crippen LogP) is 2.03. The molecule has 1 aliphatic heterocycles. The van der Waals surface area contributed by atoms with Crippen molar-refractivity contribution in [3.8, 4) is 0 Å². The van der Waals surface area contributed by atoms with Crippen LogP contribution in [0.15, 0.2) is 24.6 Å². The van der Waals surface area contributed by atoms with Crippen LogP contribution in [0.3, 0.4) is 0 Å². The van der Waals surface area contributed by atoms with E-state index >= 15 is 0 Å². The molecule has 0 bridgehead atoms. The van der Waals surface area contributed by atoms with Gasteiger partial charge in [0.15, 0.2) is 0 Å². The topological polar surface area (TPSA) is 12.0 Å². The van der Waals surface area contributed by atoms with Crippen LogP contribution in [-0.2, 0) is 0 Å². The van der Waals surface area contributed by atoms with Gasteiger partial charge in [0.2, 0.25) is 0 Å². The summed E-state index contributed by atoms with van der Waals surface area (Å²) < 4.78 is 0. The molecule has 0 spiro atoms. The summed E-state index contributed by atoms with van der Waals surface area (Å²) >= 11 is 0. The molecule has 0 aromatic heterocycles. The molecule has 1 N–H and O–H groups in total. The molecule has 0 aromatic carbocycles. The van der Waals surface area contributed by atoms with Crippen LogP contribution >= 0.6 is 0 Å². The van der Waals surface area contributed by atoms with Crippen molar-refractivity contribution in [2.24, 2.45) is 5.92 Å². The first-order valence-corrected chi connectivity index (χ1v) is 3.53. The summed E-state index contributed by atoms with van der Waals surface area (Å²) in [7, 11) is 0. The van der Waals surface area contributed by atoms with Crippen LogP contribution in [0.4, 0.5) is 0 Å². The van der Waals surface area contributed by atoms with Crippen molar-refractivity contribution < 1.29 is 0 Å². The fourth-order valence-electron chi connectivity index (χ4n) is 1.00. The highest BCUT2D eigenvalue weighted by molar-refractivity contribution is 5.05. The molecule has 0 atom stereocenters. The molecule has 0 saturated heterocycles. The zero-order valence-corrected chi connectivity index (χ0v) is 5.80. The number of hydrogen-bond donors (Lipinski definition) is 1. The maximum Gasteiger partial charge on any atom is -0.00189 e. The van der Waals surface area contributed by atoms with Crippen molar-refractivity contribution >= 4 is 0 Å². The molecule has 9 heavy (non-hydrogen) atoms. The van der Waals surface area contributed by atoms with Crippen LogP contribution in [0.1, 0.15) is 19.8 Å². The Kier molecular flexibility index (Phi) is 2.37. The molecule has 0 unspecified atom stereocenters. The van der Waals surface area contributed by atoms with Crippen molar-refractivity contribution in [3.05, 3.63) is 24.6 Å². The molecule has 0 amide bonds. The van der Waals surface area contributed by atoms with Crippen molar-refractivity contribution in [1.82, 2.24) is 5.32 Å². The molecule has 1 aliphatic rings. The van der Waals surface area contributed by atoms with Crippen molar-refractivity contribution in [2.75, 3.05) is 0 Å². The third-order valence-corrected chi connectivity index (χ3v) is 1.50. The molecule has 50 valence electrons. The summed E-state index contributed by atoms with van der Waals surface area (Å²) in [5, 5.41) is 3.01. The minimum Gasteiger partial charge on any atom is -0.368 e. The van der Waals surface area contributed by atoms with Gasteiger partial charge in [0, 0.05) is 0 Å². The second-order valence-electron chi connectivity index (χ2n) is 2.34. The molecular weight excluding hydrogens is 110 g/mol. The van der Waals surface area contributed by atoms with E-state index in [-0.39, 0.29) is 0 Å². The maximum atomic E-state index is 3.01. The Morgan fingerprint density at radius 3 is 2.56 bits per heavy atom. The molecule has 0 saturated carbocycles. The van der Waals surface area contributed by atoms with Gasteiger partial charge in [0.25, 0.3) is 0 Å². The summed E-state index contributed by atoms with van der Waals surface area (Å²) in [6.07, 6.45) is 10.9. The summed E-state index contributed by atoms with van der Waals surface area (Å²) in [5.74, 6) is 0.677. The highest BCUT2D eigenvalue weighted by atomic mass is 14.8. The van der Waals surface area contributed by atoms with E-state index in [9.17, 15) is 0 Å². The molecule has 0 aliphatic carbocycles. The molecule has 0 fully saturated rings. The Bertz CT molecular complexity index is 113. The van der Waals surface area contributed by atoms with Gasteiger partial charge in [-0.25, -0.2) is 0 Å². The third kappa shape index (κ3) is 1.92. The number of hydrogen-bond acceptors (Lipinski definition) is 1. The Balaban J connectivity index is 2.31. The summed E-state index contributed by atoms with van der Waals surface area (Å²) in [6.45, 7) is 2.21. The van der Waals surface area contributed by atoms with Crippen LogP contribution in [0.25, 0.3) is 0 Å². The molecule has 1 rings (SSSR count). The molecule has 0 radical (unpaired) electrons. The fraction of sp³-hybridized carbons (Fsp3) is 0.500. The first kappa shape index (κ1) is 6.40. The normalized spacial score (nSPS) is 17.9. The Labute approximate surface area is 56.5 Å². The lowest BCUT2D eigenvalue weighted by Gasteiger charge is -2.08. The van der Waals surface area contributed by atoms with Gasteiger partial charge in [-0.05, 0) is 24.7 Å². The van der Waals surface area contributed by atoms with Crippen LogP contribution in [0, 0.1) is 5.92 Å². The molecule has 1 heteroatoms. The van der Waals surface area contributed by atoms with Crippen LogP contribution in [-0.4, -0.2) is 0 Å². The van der Waals surface area contributed by atoms with Gasteiger partial charge in [-0.1, -0.05) is 25.5 Å². The summed E-state index contributed by atoms with van der Waals surface area (Å²) in [4.78, 5) is 0. The van der Waals surface area contributed by atoms with Gasteiger partial charge in [-0.2, -0.15) is 0 Å². The van der Waals surface area contributed by atoms with Crippen molar-refractivity contribution in [3.63, 3.8) is 0 Å². The monoisotopic (exact) mass is 123 g/mol. The Hall–Kier alpha value is -0.720. The van der Waals surface area contributed by atoms with Gasteiger partial charge >= 0.3 is 0 Å². The number of rotatable bonds is 2. The molecular formula is C8H13N.